The van der Waals surface area contributed by atoms with Gasteiger partial charge in [-0.15, -0.1) is 6.58 Å². The van der Waals surface area contributed by atoms with Gasteiger partial charge in [-0.1, -0.05) is 124 Å². The fourth-order valence-electron chi connectivity index (χ4n) is 3.44. The third-order valence-corrected chi connectivity index (χ3v) is 12.6. The van der Waals surface area contributed by atoms with Crippen molar-refractivity contribution >= 4 is 41.3 Å². The molecule has 0 aliphatic rings. The van der Waals surface area contributed by atoms with Gasteiger partial charge >= 0.3 is 0 Å². The van der Waals surface area contributed by atoms with Crippen LogP contribution in [0.2, 0.25) is 5.04 Å². The SMILES string of the molecule is C=C[C@H](O)C(C)(C)C(I)O[Si](c1ccccc1)(c1ccccc1)C(C)(C)C. The Hall–Kier alpha value is -0.953. The lowest BCUT2D eigenvalue weighted by Gasteiger charge is -2.47. The van der Waals surface area contributed by atoms with Crippen molar-refractivity contribution in [2.24, 2.45) is 5.41 Å². The number of alkyl halides is 1. The zero-order valence-electron chi connectivity index (χ0n) is 16.9. The fraction of sp³-hybridized carbons (Fsp3) is 0.391. The lowest BCUT2D eigenvalue weighted by atomic mass is 9.88. The van der Waals surface area contributed by atoms with Gasteiger partial charge in [0.2, 0.25) is 0 Å². The number of hydrogen-bond acceptors (Lipinski definition) is 2. The highest BCUT2D eigenvalue weighted by molar-refractivity contribution is 14.1. The monoisotopic (exact) mass is 494 g/mol. The van der Waals surface area contributed by atoms with Crippen LogP contribution in [0.4, 0.5) is 0 Å². The molecule has 2 atom stereocenters. The van der Waals surface area contributed by atoms with E-state index < -0.39 is 19.8 Å². The second kappa shape index (κ2) is 8.60. The van der Waals surface area contributed by atoms with Crippen LogP contribution in [0.3, 0.4) is 0 Å². The van der Waals surface area contributed by atoms with Gasteiger partial charge in [0, 0.05) is 5.41 Å². The molecule has 0 aromatic heterocycles. The summed E-state index contributed by atoms with van der Waals surface area (Å²) in [5.74, 6) is 0. The molecule has 0 heterocycles. The fourth-order valence-corrected chi connectivity index (χ4v) is 9.58. The predicted octanol–water partition coefficient (Wildman–Crippen LogP) is 4.90. The van der Waals surface area contributed by atoms with E-state index in [9.17, 15) is 5.11 Å². The molecule has 0 radical (unpaired) electrons. The molecule has 1 N–H and O–H groups in total. The van der Waals surface area contributed by atoms with E-state index in [1.807, 2.05) is 26.0 Å². The van der Waals surface area contributed by atoms with E-state index in [1.165, 1.54) is 10.4 Å². The smallest absolute Gasteiger partial charge is 0.262 e. The summed E-state index contributed by atoms with van der Waals surface area (Å²) >= 11 is 2.35. The molecule has 0 fully saturated rings. The lowest BCUT2D eigenvalue weighted by molar-refractivity contribution is 0.0348. The van der Waals surface area contributed by atoms with Crippen molar-refractivity contribution in [1.29, 1.82) is 0 Å². The van der Waals surface area contributed by atoms with E-state index in [-0.39, 0.29) is 9.15 Å². The summed E-state index contributed by atoms with van der Waals surface area (Å²) in [6.45, 7) is 14.6. The van der Waals surface area contributed by atoms with Gasteiger partial charge < -0.3 is 9.53 Å². The van der Waals surface area contributed by atoms with Crippen LogP contribution in [-0.2, 0) is 4.43 Å². The summed E-state index contributed by atoms with van der Waals surface area (Å²) in [5.41, 5.74) is -0.463. The minimum absolute atomic E-state index is 0.0889. The van der Waals surface area contributed by atoms with Gasteiger partial charge in [0.1, 0.15) is 4.11 Å². The van der Waals surface area contributed by atoms with E-state index in [2.05, 4.69) is 98.5 Å². The quantitative estimate of drug-likeness (QED) is 0.257. The van der Waals surface area contributed by atoms with Crippen LogP contribution in [0.25, 0.3) is 0 Å². The molecule has 1 unspecified atom stereocenters. The van der Waals surface area contributed by atoms with Crippen LogP contribution >= 0.6 is 22.6 Å². The first-order valence-corrected chi connectivity index (χ1v) is 12.5. The Kier molecular flexibility index (Phi) is 7.11. The molecule has 4 heteroatoms. The van der Waals surface area contributed by atoms with E-state index in [4.69, 9.17) is 4.43 Å². The molecule has 0 amide bonds. The van der Waals surface area contributed by atoms with Gasteiger partial charge in [0.15, 0.2) is 0 Å². The van der Waals surface area contributed by atoms with Crippen LogP contribution in [0.15, 0.2) is 73.3 Å². The van der Waals surface area contributed by atoms with Crippen molar-refractivity contribution < 1.29 is 9.53 Å². The topological polar surface area (TPSA) is 29.5 Å². The van der Waals surface area contributed by atoms with Gasteiger partial charge in [0.25, 0.3) is 8.32 Å². The average molecular weight is 494 g/mol. The summed E-state index contributed by atoms with van der Waals surface area (Å²) in [6.07, 6.45) is 0.957. The highest BCUT2D eigenvalue weighted by Gasteiger charge is 2.53. The molecule has 0 spiro atoms. The summed E-state index contributed by atoms with van der Waals surface area (Å²) in [5, 5.41) is 12.9. The van der Waals surface area contributed by atoms with Gasteiger partial charge in [-0.2, -0.15) is 0 Å². The first kappa shape index (κ1) is 22.3. The molecule has 2 nitrogen and oxygen atoms in total. The van der Waals surface area contributed by atoms with E-state index in [0.29, 0.717) is 0 Å². The standard InChI is InChI=1S/C23H31IO2Si/c1-7-20(25)23(5,6)21(24)26-27(22(2,3)4,18-14-10-8-11-15-18)19-16-12-9-13-17-19/h7-17,20-21,25H,1H2,2-6H3/t20-,21?/m0/s1. The Morgan fingerprint density at radius 2 is 1.33 bits per heavy atom. The maximum atomic E-state index is 10.5. The van der Waals surface area contributed by atoms with Crippen molar-refractivity contribution in [3.63, 3.8) is 0 Å². The van der Waals surface area contributed by atoms with Crippen LogP contribution in [0.5, 0.6) is 0 Å². The van der Waals surface area contributed by atoms with Crippen LogP contribution < -0.4 is 10.4 Å². The van der Waals surface area contributed by atoms with Crippen LogP contribution in [0.1, 0.15) is 34.6 Å². The second-order valence-corrected chi connectivity index (χ2v) is 14.0. The molecule has 0 bridgehead atoms. The molecule has 2 rings (SSSR count). The number of benzene rings is 2. The van der Waals surface area contributed by atoms with Gasteiger partial charge in [-0.3, -0.25) is 0 Å². The Morgan fingerprint density at radius 1 is 0.926 bits per heavy atom. The van der Waals surface area contributed by atoms with Gasteiger partial charge in [0.05, 0.1) is 6.10 Å². The van der Waals surface area contributed by atoms with Crippen LogP contribution in [0, 0.1) is 5.41 Å². The van der Waals surface area contributed by atoms with Crippen molar-refractivity contribution in [3.8, 4) is 0 Å². The molecule has 2 aromatic rings. The summed E-state index contributed by atoms with van der Waals surface area (Å²) in [7, 11) is -2.63. The summed E-state index contributed by atoms with van der Waals surface area (Å²) in [6, 6.07) is 21.2. The summed E-state index contributed by atoms with van der Waals surface area (Å²) < 4.78 is 6.89. The minimum atomic E-state index is -2.63. The number of aliphatic hydroxyl groups excluding tert-OH is 1. The maximum Gasteiger partial charge on any atom is 0.262 e. The largest absolute Gasteiger partial charge is 0.395 e. The highest BCUT2D eigenvalue weighted by atomic mass is 127. The molecule has 0 aliphatic carbocycles. The van der Waals surface area contributed by atoms with E-state index in [0.717, 1.165) is 0 Å². The minimum Gasteiger partial charge on any atom is -0.395 e. The highest BCUT2D eigenvalue weighted by Crippen LogP contribution is 2.42. The average Bonchev–Trinajstić information content (AvgIpc) is 2.65. The molecular formula is C23H31IO2Si. The van der Waals surface area contributed by atoms with Crippen molar-refractivity contribution in [2.45, 2.75) is 49.9 Å². The van der Waals surface area contributed by atoms with E-state index in [1.54, 1.807) is 6.08 Å². The van der Waals surface area contributed by atoms with Crippen molar-refractivity contribution in [1.82, 2.24) is 0 Å². The molecular weight excluding hydrogens is 463 g/mol. The molecule has 2 aromatic carbocycles. The second-order valence-electron chi connectivity index (χ2n) is 8.60. The van der Waals surface area contributed by atoms with Crippen molar-refractivity contribution in [3.05, 3.63) is 73.3 Å². The normalized spacial score (nSPS) is 15.2. The molecule has 0 saturated heterocycles. The number of hydrogen-bond donors (Lipinski definition) is 1. The van der Waals surface area contributed by atoms with Crippen LogP contribution in [-0.4, -0.2) is 23.6 Å². The number of aliphatic hydroxyl groups is 1. The summed E-state index contributed by atoms with van der Waals surface area (Å²) in [4.78, 5) is 0. The number of halogens is 1. The molecule has 27 heavy (non-hydrogen) atoms. The predicted molar refractivity (Wildman–Crippen MR) is 126 cm³/mol. The zero-order valence-corrected chi connectivity index (χ0v) is 20.1. The van der Waals surface area contributed by atoms with E-state index >= 15 is 0 Å². The van der Waals surface area contributed by atoms with Gasteiger partial charge in [-0.05, 0) is 15.4 Å². The first-order chi connectivity index (χ1) is 12.6. The molecule has 0 aliphatic heterocycles. The Labute approximate surface area is 178 Å². The Morgan fingerprint density at radius 3 is 1.67 bits per heavy atom. The zero-order chi connectivity index (χ0) is 20.3. The Balaban J connectivity index is 2.68. The third kappa shape index (κ3) is 4.39. The lowest BCUT2D eigenvalue weighted by Crippen LogP contribution is -2.68. The first-order valence-electron chi connectivity index (χ1n) is 9.31. The maximum absolute atomic E-state index is 10.5. The Bertz CT molecular complexity index is 698. The molecule has 146 valence electrons. The van der Waals surface area contributed by atoms with Gasteiger partial charge in [-0.25, -0.2) is 0 Å². The third-order valence-electron chi connectivity index (χ3n) is 5.27. The number of rotatable bonds is 7. The van der Waals surface area contributed by atoms with Crippen molar-refractivity contribution in [2.75, 3.05) is 0 Å². The molecule has 0 saturated carbocycles.